The fourth-order valence-electron chi connectivity index (χ4n) is 2.97. The van der Waals surface area contributed by atoms with Crippen molar-refractivity contribution >= 4 is 23.6 Å². The maximum Gasteiger partial charge on any atom is 0.335 e. The lowest BCUT2D eigenvalue weighted by molar-refractivity contribution is -0.132. The summed E-state index contributed by atoms with van der Waals surface area (Å²) in [5.74, 6) is -0.307. The second kappa shape index (κ2) is 6.60. The van der Waals surface area contributed by atoms with E-state index in [2.05, 4.69) is 11.4 Å². The number of hydrogen-bond acceptors (Lipinski definition) is 5. The van der Waals surface area contributed by atoms with Crippen LogP contribution in [-0.2, 0) is 4.79 Å². The third-order valence-electron chi connectivity index (χ3n) is 4.23. The zero-order chi connectivity index (χ0) is 16.4. The fraction of sp³-hybridized carbons (Fsp3) is 0.438. The highest BCUT2D eigenvalue weighted by Gasteiger charge is 2.37. The Hall–Kier alpha value is -2.04. The molecular weight excluding hydrogens is 314 g/mol. The Morgan fingerprint density at radius 1 is 1.35 bits per heavy atom. The molecule has 23 heavy (non-hydrogen) atoms. The monoisotopic (exact) mass is 331 g/mol. The summed E-state index contributed by atoms with van der Waals surface area (Å²) in [5.41, 5.74) is 1.20. The van der Waals surface area contributed by atoms with Gasteiger partial charge in [0.25, 0.3) is 0 Å². The molecule has 2 heterocycles. The minimum absolute atomic E-state index is 0.00814. The number of hydrogen-bond donors (Lipinski definition) is 2. The Kier molecular flexibility index (Phi) is 4.55. The number of carbonyl (C=O) groups is 2. The number of likely N-dealkylation sites (tertiary alicyclic amines) is 1. The number of rotatable bonds is 3. The van der Waals surface area contributed by atoms with Crippen molar-refractivity contribution in [3.63, 3.8) is 0 Å². The second-order valence-electron chi connectivity index (χ2n) is 5.68. The van der Waals surface area contributed by atoms with Crippen LogP contribution in [0.2, 0.25) is 0 Å². The van der Waals surface area contributed by atoms with Crippen LogP contribution in [0.1, 0.15) is 34.1 Å². The highest BCUT2D eigenvalue weighted by atomic mass is 32.2. The van der Waals surface area contributed by atoms with Crippen LogP contribution in [0.3, 0.4) is 0 Å². The number of aromatic carboxylic acids is 1. The van der Waals surface area contributed by atoms with E-state index in [-0.39, 0.29) is 28.9 Å². The van der Waals surface area contributed by atoms with E-state index in [9.17, 15) is 9.59 Å². The standard InChI is InChI=1S/C16H17N3O3S/c17-8-12-2-1-7-19(12)15(20)13-9-23-14(18-13)10-3-5-11(6-4-10)16(21)22/h3-6,12-14,18H,1-2,7,9H2,(H,21,22)/t12-,13-,14?/m0/s1. The maximum atomic E-state index is 12.6. The van der Waals surface area contributed by atoms with Gasteiger partial charge in [-0.05, 0) is 30.5 Å². The van der Waals surface area contributed by atoms with Gasteiger partial charge in [-0.15, -0.1) is 11.8 Å². The van der Waals surface area contributed by atoms with Gasteiger partial charge in [0.2, 0.25) is 5.91 Å². The Bertz CT molecular complexity index is 656. The van der Waals surface area contributed by atoms with Crippen molar-refractivity contribution in [3.05, 3.63) is 35.4 Å². The van der Waals surface area contributed by atoms with Crippen LogP contribution in [0.4, 0.5) is 0 Å². The molecule has 0 aromatic heterocycles. The summed E-state index contributed by atoms with van der Waals surface area (Å²) in [4.78, 5) is 25.1. The third-order valence-corrected chi connectivity index (χ3v) is 5.49. The minimum atomic E-state index is -0.951. The third kappa shape index (κ3) is 3.19. The van der Waals surface area contributed by atoms with Crippen molar-refractivity contribution in [2.45, 2.75) is 30.3 Å². The molecule has 0 spiro atoms. The largest absolute Gasteiger partial charge is 0.478 e. The number of carboxylic acids is 1. The van der Waals surface area contributed by atoms with E-state index in [1.807, 2.05) is 0 Å². The highest BCUT2D eigenvalue weighted by molar-refractivity contribution is 7.99. The van der Waals surface area contributed by atoms with E-state index < -0.39 is 5.97 Å². The molecule has 7 heteroatoms. The summed E-state index contributed by atoms with van der Waals surface area (Å²) in [6, 6.07) is 8.28. The molecule has 2 aliphatic rings. The van der Waals surface area contributed by atoms with Crippen LogP contribution in [0, 0.1) is 11.3 Å². The molecule has 120 valence electrons. The smallest absolute Gasteiger partial charge is 0.335 e. The highest BCUT2D eigenvalue weighted by Crippen LogP contribution is 2.34. The number of nitriles is 1. The van der Waals surface area contributed by atoms with Crippen molar-refractivity contribution in [1.82, 2.24) is 10.2 Å². The normalized spacial score (nSPS) is 26.9. The first-order valence-corrected chi connectivity index (χ1v) is 8.56. The summed E-state index contributed by atoms with van der Waals surface area (Å²) in [6.45, 7) is 0.651. The number of carboxylic acid groups (broad SMARTS) is 1. The summed E-state index contributed by atoms with van der Waals surface area (Å²) < 4.78 is 0. The van der Waals surface area contributed by atoms with Gasteiger partial charge in [0.15, 0.2) is 0 Å². The second-order valence-corrected chi connectivity index (χ2v) is 6.82. The molecule has 1 aromatic carbocycles. The minimum Gasteiger partial charge on any atom is -0.478 e. The van der Waals surface area contributed by atoms with Gasteiger partial charge < -0.3 is 10.0 Å². The van der Waals surface area contributed by atoms with Gasteiger partial charge in [0.05, 0.1) is 23.0 Å². The molecule has 2 fully saturated rings. The summed E-state index contributed by atoms with van der Waals surface area (Å²) in [7, 11) is 0. The first kappa shape index (κ1) is 15.8. The van der Waals surface area contributed by atoms with Crippen LogP contribution in [0.25, 0.3) is 0 Å². The number of nitrogens with zero attached hydrogens (tertiary/aromatic N) is 2. The quantitative estimate of drug-likeness (QED) is 0.874. The van der Waals surface area contributed by atoms with Gasteiger partial charge in [-0.3, -0.25) is 10.1 Å². The predicted octanol–water partition coefficient (Wildman–Crippen LogP) is 1.60. The lowest BCUT2D eigenvalue weighted by atomic mass is 10.1. The summed E-state index contributed by atoms with van der Waals surface area (Å²) >= 11 is 1.62. The molecule has 0 radical (unpaired) electrons. The number of carbonyl (C=O) groups excluding carboxylic acids is 1. The number of amides is 1. The number of thioether (sulfide) groups is 1. The van der Waals surface area contributed by atoms with Gasteiger partial charge in [-0.25, -0.2) is 4.79 Å². The van der Waals surface area contributed by atoms with Gasteiger partial charge in [0, 0.05) is 12.3 Å². The molecule has 3 atom stereocenters. The van der Waals surface area contributed by atoms with E-state index in [1.165, 1.54) is 0 Å². The van der Waals surface area contributed by atoms with Crippen LogP contribution < -0.4 is 5.32 Å². The Morgan fingerprint density at radius 2 is 2.09 bits per heavy atom. The van der Waals surface area contributed by atoms with Crippen LogP contribution in [0.5, 0.6) is 0 Å². The van der Waals surface area contributed by atoms with Gasteiger partial charge >= 0.3 is 5.97 Å². The van der Waals surface area contributed by atoms with Gasteiger partial charge in [-0.2, -0.15) is 5.26 Å². The molecule has 0 saturated carbocycles. The molecule has 0 bridgehead atoms. The maximum absolute atomic E-state index is 12.6. The first-order valence-electron chi connectivity index (χ1n) is 7.51. The molecular formula is C16H17N3O3S. The van der Waals surface area contributed by atoms with E-state index in [4.69, 9.17) is 10.4 Å². The number of nitrogens with one attached hydrogen (secondary N) is 1. The first-order chi connectivity index (χ1) is 11.1. The SMILES string of the molecule is N#C[C@@H]1CCCN1C(=O)[C@@H]1CSC(c2ccc(C(=O)O)cc2)N1. The van der Waals surface area contributed by atoms with E-state index in [1.54, 1.807) is 40.9 Å². The molecule has 6 nitrogen and oxygen atoms in total. The van der Waals surface area contributed by atoms with Crippen LogP contribution in [0.15, 0.2) is 24.3 Å². The summed E-state index contributed by atoms with van der Waals surface area (Å²) in [5, 5.41) is 21.3. The van der Waals surface area contributed by atoms with E-state index in [0.29, 0.717) is 12.3 Å². The van der Waals surface area contributed by atoms with Crippen LogP contribution in [-0.4, -0.2) is 46.3 Å². The average molecular weight is 331 g/mol. The zero-order valence-electron chi connectivity index (χ0n) is 12.4. The molecule has 2 aliphatic heterocycles. The Labute approximate surface area is 138 Å². The average Bonchev–Trinajstić information content (AvgIpc) is 3.23. The van der Waals surface area contributed by atoms with Crippen molar-refractivity contribution in [1.29, 1.82) is 5.26 Å². The summed E-state index contributed by atoms with van der Waals surface area (Å²) in [6.07, 6.45) is 1.63. The van der Waals surface area contributed by atoms with Crippen molar-refractivity contribution in [3.8, 4) is 6.07 Å². The lowest BCUT2D eigenvalue weighted by Gasteiger charge is -2.23. The topological polar surface area (TPSA) is 93.4 Å². The van der Waals surface area contributed by atoms with E-state index in [0.717, 1.165) is 18.4 Å². The molecule has 2 saturated heterocycles. The Morgan fingerprint density at radius 3 is 2.74 bits per heavy atom. The van der Waals surface area contributed by atoms with Gasteiger partial charge in [-0.1, -0.05) is 12.1 Å². The molecule has 0 aliphatic carbocycles. The molecule has 3 rings (SSSR count). The molecule has 1 unspecified atom stereocenters. The molecule has 2 N–H and O–H groups in total. The molecule has 1 amide bonds. The van der Waals surface area contributed by atoms with Crippen molar-refractivity contribution in [2.24, 2.45) is 0 Å². The number of benzene rings is 1. The van der Waals surface area contributed by atoms with Crippen molar-refractivity contribution < 1.29 is 14.7 Å². The fourth-order valence-corrected chi connectivity index (χ4v) is 4.21. The van der Waals surface area contributed by atoms with Gasteiger partial charge in [0.1, 0.15) is 6.04 Å². The Balaban J connectivity index is 1.65. The lowest BCUT2D eigenvalue weighted by Crippen LogP contribution is -2.46. The molecule has 1 aromatic rings. The van der Waals surface area contributed by atoms with Crippen LogP contribution >= 0.6 is 11.8 Å². The zero-order valence-corrected chi connectivity index (χ0v) is 13.3. The predicted molar refractivity (Wildman–Crippen MR) is 85.9 cm³/mol. The van der Waals surface area contributed by atoms with Crippen molar-refractivity contribution in [2.75, 3.05) is 12.3 Å². The van der Waals surface area contributed by atoms with E-state index >= 15 is 0 Å².